The maximum absolute atomic E-state index is 13.2. The predicted molar refractivity (Wildman–Crippen MR) is 66.3 cm³/mol. The maximum atomic E-state index is 13.2. The Balaban J connectivity index is 2.22. The maximum Gasteiger partial charge on any atom is 0.143 e. The molecule has 1 heterocycles. The third kappa shape index (κ3) is 2.82. The highest BCUT2D eigenvalue weighted by atomic mass is 35.5. The average Bonchev–Trinajstić information content (AvgIpc) is 2.34. The van der Waals surface area contributed by atoms with Crippen molar-refractivity contribution in [3.8, 4) is 0 Å². The van der Waals surface area contributed by atoms with Gasteiger partial charge < -0.3 is 10.6 Å². The molecule has 0 aliphatic carbocycles. The van der Waals surface area contributed by atoms with Crippen LogP contribution < -0.4 is 10.6 Å². The van der Waals surface area contributed by atoms with E-state index in [0.717, 1.165) is 0 Å². The van der Waals surface area contributed by atoms with Gasteiger partial charge in [-0.05, 0) is 18.2 Å². The first-order chi connectivity index (χ1) is 8.19. The Morgan fingerprint density at radius 2 is 1.94 bits per heavy atom. The lowest BCUT2D eigenvalue weighted by Gasteiger charge is -2.07. The van der Waals surface area contributed by atoms with E-state index in [2.05, 4.69) is 20.6 Å². The van der Waals surface area contributed by atoms with Gasteiger partial charge in [0.2, 0.25) is 0 Å². The fourth-order valence-corrected chi connectivity index (χ4v) is 1.40. The van der Waals surface area contributed by atoms with Crippen molar-refractivity contribution in [2.24, 2.45) is 0 Å². The fourth-order valence-electron chi connectivity index (χ4n) is 1.28. The number of hydrogen-bond donors (Lipinski definition) is 2. The quantitative estimate of drug-likeness (QED) is 0.882. The summed E-state index contributed by atoms with van der Waals surface area (Å²) in [4.78, 5) is 7.99. The molecule has 0 saturated carbocycles. The molecule has 2 N–H and O–H groups in total. The normalized spacial score (nSPS) is 10.1. The van der Waals surface area contributed by atoms with Crippen molar-refractivity contribution in [1.29, 1.82) is 0 Å². The van der Waals surface area contributed by atoms with Crippen molar-refractivity contribution in [2.45, 2.75) is 0 Å². The largest absolute Gasteiger partial charge is 0.373 e. The van der Waals surface area contributed by atoms with Crippen molar-refractivity contribution in [2.75, 3.05) is 17.7 Å². The molecule has 6 heteroatoms. The number of aromatic nitrogens is 2. The van der Waals surface area contributed by atoms with Gasteiger partial charge in [-0.1, -0.05) is 11.6 Å². The number of nitrogens with one attached hydrogen (secondary N) is 2. The molecule has 88 valence electrons. The first-order valence-corrected chi connectivity index (χ1v) is 5.28. The van der Waals surface area contributed by atoms with Crippen LogP contribution in [0.5, 0.6) is 0 Å². The molecular weight excluding hydrogens is 243 g/mol. The van der Waals surface area contributed by atoms with E-state index in [9.17, 15) is 4.39 Å². The van der Waals surface area contributed by atoms with Crippen molar-refractivity contribution >= 4 is 28.9 Å². The molecule has 0 amide bonds. The third-order valence-corrected chi connectivity index (χ3v) is 2.42. The van der Waals surface area contributed by atoms with Crippen LogP contribution in [0.25, 0.3) is 0 Å². The molecule has 2 rings (SSSR count). The van der Waals surface area contributed by atoms with Gasteiger partial charge in [-0.15, -0.1) is 0 Å². The Morgan fingerprint density at radius 3 is 2.65 bits per heavy atom. The van der Waals surface area contributed by atoms with Gasteiger partial charge >= 0.3 is 0 Å². The Bertz CT molecular complexity index is 533. The van der Waals surface area contributed by atoms with Gasteiger partial charge in [-0.25, -0.2) is 14.4 Å². The van der Waals surface area contributed by atoms with E-state index in [0.29, 0.717) is 17.3 Å². The predicted octanol–water partition coefficient (Wildman–Crippen LogP) is 3.05. The molecule has 0 aliphatic heterocycles. The van der Waals surface area contributed by atoms with Gasteiger partial charge in [0.15, 0.2) is 0 Å². The summed E-state index contributed by atoms with van der Waals surface area (Å²) in [5.41, 5.74) is 0.577. The van der Waals surface area contributed by atoms with Crippen LogP contribution in [0.3, 0.4) is 0 Å². The molecule has 0 spiro atoms. The van der Waals surface area contributed by atoms with Crippen molar-refractivity contribution in [3.05, 3.63) is 41.4 Å². The SMILES string of the molecule is CNc1cc(Nc2ccc(Cl)c(F)c2)ncn1. The highest BCUT2D eigenvalue weighted by molar-refractivity contribution is 6.30. The molecule has 4 nitrogen and oxygen atoms in total. The van der Waals surface area contributed by atoms with Crippen LogP contribution in [0, 0.1) is 5.82 Å². The molecule has 1 aromatic heterocycles. The first kappa shape index (κ1) is 11.6. The van der Waals surface area contributed by atoms with Crippen LogP contribution in [0.1, 0.15) is 0 Å². The lowest BCUT2D eigenvalue weighted by molar-refractivity contribution is 0.629. The van der Waals surface area contributed by atoms with Crippen molar-refractivity contribution in [1.82, 2.24) is 9.97 Å². The van der Waals surface area contributed by atoms with Crippen LogP contribution in [-0.2, 0) is 0 Å². The molecule has 0 fully saturated rings. The molecule has 2 aromatic rings. The van der Waals surface area contributed by atoms with Gasteiger partial charge in [0.1, 0.15) is 23.8 Å². The standard InChI is InChI=1S/C11H10ClFN4/c1-14-10-5-11(16-6-15-10)17-7-2-3-8(12)9(13)4-7/h2-6H,1H3,(H2,14,15,16,17). The van der Waals surface area contributed by atoms with Gasteiger partial charge in [0.25, 0.3) is 0 Å². The van der Waals surface area contributed by atoms with Crippen LogP contribution in [0.15, 0.2) is 30.6 Å². The summed E-state index contributed by atoms with van der Waals surface area (Å²) in [6.07, 6.45) is 1.42. The summed E-state index contributed by atoms with van der Waals surface area (Å²) in [6, 6.07) is 6.18. The zero-order valence-electron chi connectivity index (χ0n) is 9.04. The second-order valence-electron chi connectivity index (χ2n) is 3.29. The lowest BCUT2D eigenvalue weighted by atomic mass is 10.3. The molecular formula is C11H10ClFN4. The first-order valence-electron chi connectivity index (χ1n) is 4.91. The summed E-state index contributed by atoms with van der Waals surface area (Å²) in [6.45, 7) is 0. The highest BCUT2D eigenvalue weighted by Crippen LogP contribution is 2.21. The molecule has 0 saturated heterocycles. The van der Waals surface area contributed by atoms with E-state index >= 15 is 0 Å². The molecule has 0 radical (unpaired) electrons. The fraction of sp³-hybridized carbons (Fsp3) is 0.0909. The molecule has 0 unspecified atom stereocenters. The van der Waals surface area contributed by atoms with Gasteiger partial charge in [-0.2, -0.15) is 0 Å². The van der Waals surface area contributed by atoms with E-state index < -0.39 is 5.82 Å². The molecule has 17 heavy (non-hydrogen) atoms. The lowest BCUT2D eigenvalue weighted by Crippen LogP contribution is -1.98. The highest BCUT2D eigenvalue weighted by Gasteiger charge is 2.02. The van der Waals surface area contributed by atoms with E-state index in [1.54, 1.807) is 19.2 Å². The Kier molecular flexibility index (Phi) is 3.39. The number of halogens is 2. The molecule has 0 aliphatic rings. The van der Waals surface area contributed by atoms with Crippen LogP contribution in [0.4, 0.5) is 21.7 Å². The molecule has 0 atom stereocenters. The Labute approximate surface area is 103 Å². The van der Waals surface area contributed by atoms with E-state index in [-0.39, 0.29) is 5.02 Å². The van der Waals surface area contributed by atoms with E-state index in [1.807, 2.05) is 0 Å². The molecule has 1 aromatic carbocycles. The third-order valence-electron chi connectivity index (χ3n) is 2.12. The Hall–Kier alpha value is -1.88. The number of nitrogens with zero attached hydrogens (tertiary/aromatic N) is 2. The number of anilines is 3. The van der Waals surface area contributed by atoms with Crippen LogP contribution in [-0.4, -0.2) is 17.0 Å². The summed E-state index contributed by atoms with van der Waals surface area (Å²) >= 11 is 5.59. The number of hydrogen-bond acceptors (Lipinski definition) is 4. The minimum atomic E-state index is -0.473. The van der Waals surface area contributed by atoms with Crippen molar-refractivity contribution in [3.63, 3.8) is 0 Å². The van der Waals surface area contributed by atoms with E-state index in [4.69, 9.17) is 11.6 Å². The minimum Gasteiger partial charge on any atom is -0.373 e. The van der Waals surface area contributed by atoms with Gasteiger partial charge in [0, 0.05) is 18.8 Å². The van der Waals surface area contributed by atoms with Gasteiger partial charge in [0.05, 0.1) is 5.02 Å². The zero-order chi connectivity index (χ0) is 12.3. The second kappa shape index (κ2) is 4.97. The summed E-state index contributed by atoms with van der Waals surface area (Å²) in [7, 11) is 1.76. The number of rotatable bonds is 3. The van der Waals surface area contributed by atoms with E-state index in [1.165, 1.54) is 18.5 Å². The van der Waals surface area contributed by atoms with Crippen LogP contribution in [0.2, 0.25) is 5.02 Å². The average molecular weight is 253 g/mol. The van der Waals surface area contributed by atoms with Crippen LogP contribution >= 0.6 is 11.6 Å². The zero-order valence-corrected chi connectivity index (χ0v) is 9.79. The van der Waals surface area contributed by atoms with Crippen molar-refractivity contribution < 1.29 is 4.39 Å². The summed E-state index contributed by atoms with van der Waals surface area (Å²) in [5.74, 6) is 0.780. The summed E-state index contributed by atoms with van der Waals surface area (Å²) in [5, 5.41) is 5.94. The Morgan fingerprint density at radius 1 is 1.18 bits per heavy atom. The second-order valence-corrected chi connectivity index (χ2v) is 3.70. The minimum absolute atomic E-state index is 0.0918. The number of benzene rings is 1. The topological polar surface area (TPSA) is 49.8 Å². The monoisotopic (exact) mass is 252 g/mol. The molecule has 0 bridgehead atoms. The van der Waals surface area contributed by atoms with Gasteiger partial charge in [-0.3, -0.25) is 0 Å². The smallest absolute Gasteiger partial charge is 0.143 e. The summed E-state index contributed by atoms with van der Waals surface area (Å²) < 4.78 is 13.2.